The first-order valence-electron chi connectivity index (χ1n) is 4.49. The summed E-state index contributed by atoms with van der Waals surface area (Å²) in [5.41, 5.74) is 4.90. The van der Waals surface area contributed by atoms with Crippen LogP contribution in [0.15, 0.2) is 28.1 Å². The number of hydrogen-bond acceptors (Lipinski definition) is 4. The molecule has 0 fully saturated rings. The molecule has 9 heteroatoms. The zero-order chi connectivity index (χ0) is 13.9. The van der Waals surface area contributed by atoms with Crippen LogP contribution in [0.4, 0.5) is 5.69 Å². The number of carbonyl (C=O) groups is 1. The monoisotopic (exact) mass is 292 g/mol. The van der Waals surface area contributed by atoms with Gasteiger partial charge < -0.3 is 10.8 Å². The molecule has 18 heavy (non-hydrogen) atoms. The molecule has 0 unspecified atom stereocenters. The molecule has 0 bridgehead atoms. The molecule has 4 N–H and O–H groups in total. The van der Waals surface area contributed by atoms with E-state index in [0.717, 1.165) is 18.2 Å². The Balaban J connectivity index is 3.44. The fourth-order valence-corrected chi connectivity index (χ4v) is 1.70. The van der Waals surface area contributed by atoms with Crippen LogP contribution in [0, 0.1) is 0 Å². The lowest BCUT2D eigenvalue weighted by atomic mass is 10.2. The van der Waals surface area contributed by atoms with Gasteiger partial charge in [0.1, 0.15) is 5.84 Å². The van der Waals surface area contributed by atoms with Crippen molar-refractivity contribution >= 4 is 39.2 Å². The number of nitrogens with two attached hydrogens (primary N) is 1. The van der Waals surface area contributed by atoms with E-state index in [1.54, 1.807) is 0 Å². The molecule has 1 aromatic carbocycles. The van der Waals surface area contributed by atoms with Crippen LogP contribution < -0.4 is 5.73 Å². The summed E-state index contributed by atoms with van der Waals surface area (Å²) < 4.78 is 30.6. The Morgan fingerprint density at radius 1 is 1.44 bits per heavy atom. The summed E-state index contributed by atoms with van der Waals surface area (Å²) in [5, 5.41) is 8.92. The van der Waals surface area contributed by atoms with E-state index in [0.29, 0.717) is 0 Å². The van der Waals surface area contributed by atoms with Gasteiger partial charge in [-0.15, -0.1) is 11.6 Å². The van der Waals surface area contributed by atoms with E-state index in [1.165, 1.54) is 0 Å². The number of hydrogen-bond donors (Lipinski definition) is 3. The summed E-state index contributed by atoms with van der Waals surface area (Å²) in [4.78, 5) is 14.1. The second kappa shape index (κ2) is 5.34. The quantitative estimate of drug-likeness (QED) is 0.326. The highest BCUT2D eigenvalue weighted by atomic mass is 35.5. The molecule has 7 nitrogen and oxygen atoms in total. The minimum Gasteiger partial charge on any atom is -0.478 e. The van der Waals surface area contributed by atoms with E-state index >= 15 is 0 Å². The van der Waals surface area contributed by atoms with E-state index in [-0.39, 0.29) is 17.4 Å². The van der Waals surface area contributed by atoms with Gasteiger partial charge in [0.15, 0.2) is 0 Å². The lowest BCUT2D eigenvalue weighted by Gasteiger charge is -2.04. The topological polar surface area (TPSA) is 130 Å². The summed E-state index contributed by atoms with van der Waals surface area (Å²) in [6.07, 6.45) is 0. The van der Waals surface area contributed by atoms with Crippen LogP contribution in [0.5, 0.6) is 0 Å². The molecule has 98 valence electrons. The van der Waals surface area contributed by atoms with E-state index < -0.39 is 26.5 Å². The SMILES string of the molecule is NC(CCl)=Nc1ccc(S(=O)(=O)O)cc1C(=O)O. The smallest absolute Gasteiger partial charge is 0.337 e. The zero-order valence-electron chi connectivity index (χ0n) is 8.87. The van der Waals surface area contributed by atoms with Crippen molar-refractivity contribution in [1.82, 2.24) is 0 Å². The molecule has 1 rings (SSSR count). The third-order valence-electron chi connectivity index (χ3n) is 1.90. The van der Waals surface area contributed by atoms with Gasteiger partial charge in [0.05, 0.1) is 22.0 Å². The van der Waals surface area contributed by atoms with Crippen molar-refractivity contribution in [2.75, 3.05) is 5.88 Å². The molecule has 0 aliphatic rings. The number of aliphatic imine (C=N–C) groups is 1. The van der Waals surface area contributed by atoms with Gasteiger partial charge in [0.2, 0.25) is 0 Å². The maximum atomic E-state index is 11.0. The van der Waals surface area contributed by atoms with Gasteiger partial charge in [-0.2, -0.15) is 8.42 Å². The van der Waals surface area contributed by atoms with Crippen molar-refractivity contribution in [3.63, 3.8) is 0 Å². The Kier molecular flexibility index (Phi) is 4.28. The van der Waals surface area contributed by atoms with Gasteiger partial charge in [-0.3, -0.25) is 4.55 Å². The number of carboxylic acids is 1. The second-order valence-corrected chi connectivity index (χ2v) is 4.88. The van der Waals surface area contributed by atoms with Crippen LogP contribution in [-0.4, -0.2) is 35.8 Å². The van der Waals surface area contributed by atoms with Crippen molar-refractivity contribution in [2.45, 2.75) is 4.90 Å². The van der Waals surface area contributed by atoms with E-state index in [4.69, 9.17) is 27.0 Å². The van der Waals surface area contributed by atoms with Gasteiger partial charge in [0, 0.05) is 0 Å². The second-order valence-electron chi connectivity index (χ2n) is 3.20. The molecule has 1 aromatic rings. The normalized spacial score (nSPS) is 12.4. The van der Waals surface area contributed by atoms with Gasteiger partial charge in [-0.25, -0.2) is 9.79 Å². The molecule has 0 saturated carbocycles. The van der Waals surface area contributed by atoms with Gasteiger partial charge in [-0.05, 0) is 18.2 Å². The average molecular weight is 293 g/mol. The highest BCUT2D eigenvalue weighted by Crippen LogP contribution is 2.23. The highest BCUT2D eigenvalue weighted by Gasteiger charge is 2.16. The van der Waals surface area contributed by atoms with Crippen molar-refractivity contribution in [1.29, 1.82) is 0 Å². The fraction of sp³-hybridized carbons (Fsp3) is 0.111. The number of benzene rings is 1. The van der Waals surface area contributed by atoms with Crippen LogP contribution in [0.1, 0.15) is 10.4 Å². The number of halogens is 1. The lowest BCUT2D eigenvalue weighted by Crippen LogP contribution is -2.13. The molecule has 0 radical (unpaired) electrons. The first-order valence-corrected chi connectivity index (χ1v) is 6.47. The molecule has 0 aliphatic carbocycles. The van der Waals surface area contributed by atoms with Crippen molar-refractivity contribution in [2.24, 2.45) is 10.7 Å². The minimum atomic E-state index is -4.48. The van der Waals surface area contributed by atoms with Crippen LogP contribution in [0.3, 0.4) is 0 Å². The molecule has 0 saturated heterocycles. The van der Waals surface area contributed by atoms with Crippen molar-refractivity contribution in [3.8, 4) is 0 Å². The molecule has 0 amide bonds. The number of carboxylic acid groups (broad SMARTS) is 1. The fourth-order valence-electron chi connectivity index (χ4n) is 1.13. The zero-order valence-corrected chi connectivity index (χ0v) is 10.4. The average Bonchev–Trinajstić information content (AvgIpc) is 2.27. The standard InChI is InChI=1S/C9H9ClN2O5S/c10-4-8(11)12-7-2-1-5(18(15,16)17)3-6(7)9(13)14/h1-3H,4H2,(H2,11,12)(H,13,14)(H,15,16,17). The van der Waals surface area contributed by atoms with Crippen molar-refractivity contribution in [3.05, 3.63) is 23.8 Å². The van der Waals surface area contributed by atoms with E-state index in [9.17, 15) is 13.2 Å². The Hall–Kier alpha value is -1.64. The highest BCUT2D eigenvalue weighted by molar-refractivity contribution is 7.85. The number of nitrogens with zero attached hydrogens (tertiary/aromatic N) is 1. The molecule has 0 spiro atoms. The maximum absolute atomic E-state index is 11.0. The van der Waals surface area contributed by atoms with Crippen LogP contribution in [0.25, 0.3) is 0 Å². The summed E-state index contributed by atoms with van der Waals surface area (Å²) >= 11 is 5.40. The Morgan fingerprint density at radius 3 is 2.50 bits per heavy atom. The van der Waals surface area contributed by atoms with Crippen LogP contribution in [0.2, 0.25) is 0 Å². The Morgan fingerprint density at radius 2 is 2.06 bits per heavy atom. The summed E-state index contributed by atoms with van der Waals surface area (Å²) in [7, 11) is -4.48. The molecule has 0 atom stereocenters. The molecular formula is C9H9ClN2O5S. The van der Waals surface area contributed by atoms with E-state index in [2.05, 4.69) is 4.99 Å². The molecule has 0 aromatic heterocycles. The third kappa shape index (κ3) is 3.42. The summed E-state index contributed by atoms with van der Waals surface area (Å²) in [5.74, 6) is -1.51. The number of amidine groups is 1. The lowest BCUT2D eigenvalue weighted by molar-refractivity contribution is 0.0697. The summed E-state index contributed by atoms with van der Waals surface area (Å²) in [6, 6.07) is 2.92. The summed E-state index contributed by atoms with van der Waals surface area (Å²) in [6.45, 7) is 0. The van der Waals surface area contributed by atoms with Crippen LogP contribution >= 0.6 is 11.6 Å². The minimum absolute atomic E-state index is 0.0150. The Labute approximate surface area is 108 Å². The maximum Gasteiger partial charge on any atom is 0.337 e. The van der Waals surface area contributed by atoms with Gasteiger partial charge in [-0.1, -0.05) is 0 Å². The largest absolute Gasteiger partial charge is 0.478 e. The molecule has 0 aliphatic heterocycles. The molecule has 0 heterocycles. The number of aromatic carboxylic acids is 1. The third-order valence-corrected chi connectivity index (χ3v) is 3.02. The predicted octanol–water partition coefficient (Wildman–Crippen LogP) is 0.859. The first kappa shape index (κ1) is 14.4. The van der Waals surface area contributed by atoms with Crippen LogP contribution in [-0.2, 0) is 10.1 Å². The van der Waals surface area contributed by atoms with Gasteiger partial charge >= 0.3 is 5.97 Å². The predicted molar refractivity (Wildman–Crippen MR) is 65.2 cm³/mol. The van der Waals surface area contributed by atoms with Crippen molar-refractivity contribution < 1.29 is 22.9 Å². The first-order chi connectivity index (χ1) is 8.25. The number of alkyl halides is 1. The number of rotatable bonds is 4. The Bertz CT molecular complexity index is 611. The molecular weight excluding hydrogens is 284 g/mol. The van der Waals surface area contributed by atoms with E-state index in [1.807, 2.05) is 0 Å². The van der Waals surface area contributed by atoms with Gasteiger partial charge in [0.25, 0.3) is 10.1 Å².